The lowest BCUT2D eigenvalue weighted by molar-refractivity contribution is 0.306. The van der Waals surface area contributed by atoms with E-state index in [0.717, 1.165) is 27.9 Å². The summed E-state index contributed by atoms with van der Waals surface area (Å²) in [6.45, 7) is 1.07. The van der Waals surface area contributed by atoms with Crippen LogP contribution < -0.4 is 10.4 Å². The minimum atomic E-state index is -0.0920. The Bertz CT molecular complexity index is 1030. The lowest BCUT2D eigenvalue weighted by Crippen LogP contribution is -2.17. The second-order valence-electron chi connectivity index (χ2n) is 5.95. The Kier molecular flexibility index (Phi) is 4.09. The molecule has 4 heteroatoms. The fraction of sp³-hybridized carbons (Fsp3) is 0.0952. The van der Waals surface area contributed by atoms with Crippen molar-refractivity contribution < 1.29 is 4.74 Å². The van der Waals surface area contributed by atoms with Crippen LogP contribution in [0.1, 0.15) is 11.1 Å². The average molecular weight is 330 g/mol. The number of rotatable bonds is 5. The van der Waals surface area contributed by atoms with E-state index in [1.165, 1.54) is 0 Å². The van der Waals surface area contributed by atoms with Crippen LogP contribution in [0.15, 0.2) is 83.7 Å². The van der Waals surface area contributed by atoms with Gasteiger partial charge in [-0.3, -0.25) is 4.57 Å². The van der Waals surface area contributed by atoms with Crippen LogP contribution in [0.4, 0.5) is 0 Å². The Morgan fingerprint density at radius 1 is 0.800 bits per heavy atom. The third-order valence-corrected chi connectivity index (χ3v) is 4.19. The summed E-state index contributed by atoms with van der Waals surface area (Å²) in [5.74, 6) is 0.818. The number of para-hydroxylation sites is 2. The first kappa shape index (κ1) is 15.3. The molecule has 4 aromatic rings. The van der Waals surface area contributed by atoms with Crippen molar-refractivity contribution in [2.75, 3.05) is 0 Å². The molecule has 0 atom stereocenters. The molecule has 0 aliphatic carbocycles. The largest absolute Gasteiger partial charge is 0.489 e. The van der Waals surface area contributed by atoms with Gasteiger partial charge >= 0.3 is 5.69 Å². The Hall–Kier alpha value is -3.27. The number of hydrogen-bond donors (Lipinski definition) is 1. The SMILES string of the molecule is O=c1[nH]c2ccccc2n1Cc1ccc(OCc2ccccc2)cc1. The molecule has 25 heavy (non-hydrogen) atoms. The van der Waals surface area contributed by atoms with Crippen LogP contribution in [0.25, 0.3) is 11.0 Å². The molecular formula is C21H18N2O2. The summed E-state index contributed by atoms with van der Waals surface area (Å²) in [7, 11) is 0. The van der Waals surface area contributed by atoms with Crippen LogP contribution in [-0.4, -0.2) is 9.55 Å². The van der Waals surface area contributed by atoms with Crippen molar-refractivity contribution in [2.45, 2.75) is 13.2 Å². The molecule has 1 heterocycles. The van der Waals surface area contributed by atoms with Gasteiger partial charge in [0.2, 0.25) is 0 Å². The highest BCUT2D eigenvalue weighted by Crippen LogP contribution is 2.16. The number of benzene rings is 3. The summed E-state index contributed by atoms with van der Waals surface area (Å²) in [4.78, 5) is 15.0. The van der Waals surface area contributed by atoms with Gasteiger partial charge in [0.05, 0.1) is 17.6 Å². The first-order valence-corrected chi connectivity index (χ1v) is 8.23. The van der Waals surface area contributed by atoms with Gasteiger partial charge in [-0.15, -0.1) is 0 Å². The Balaban J connectivity index is 1.48. The zero-order valence-electron chi connectivity index (χ0n) is 13.7. The number of ether oxygens (including phenoxy) is 1. The quantitative estimate of drug-likeness (QED) is 0.602. The van der Waals surface area contributed by atoms with Crippen LogP contribution >= 0.6 is 0 Å². The maximum atomic E-state index is 12.2. The maximum Gasteiger partial charge on any atom is 0.326 e. The molecule has 0 radical (unpaired) electrons. The third kappa shape index (κ3) is 3.33. The number of aromatic amines is 1. The van der Waals surface area contributed by atoms with Crippen molar-refractivity contribution in [3.05, 3.63) is 100 Å². The van der Waals surface area contributed by atoms with Gasteiger partial charge in [-0.05, 0) is 35.4 Å². The van der Waals surface area contributed by atoms with Crippen molar-refractivity contribution in [3.8, 4) is 5.75 Å². The van der Waals surface area contributed by atoms with Crippen LogP contribution in [-0.2, 0) is 13.2 Å². The van der Waals surface area contributed by atoms with Gasteiger partial charge in [0.15, 0.2) is 0 Å². The van der Waals surface area contributed by atoms with Crippen LogP contribution in [0.2, 0.25) is 0 Å². The second kappa shape index (κ2) is 6.69. The average Bonchev–Trinajstić information content (AvgIpc) is 2.97. The first-order chi connectivity index (χ1) is 12.3. The van der Waals surface area contributed by atoms with Crippen LogP contribution in [0, 0.1) is 0 Å². The summed E-state index contributed by atoms with van der Waals surface area (Å²) in [6, 6.07) is 25.7. The third-order valence-electron chi connectivity index (χ3n) is 4.19. The van der Waals surface area contributed by atoms with E-state index in [0.29, 0.717) is 13.2 Å². The number of nitrogens with one attached hydrogen (secondary N) is 1. The summed E-state index contributed by atoms with van der Waals surface area (Å²) in [5, 5.41) is 0. The van der Waals surface area contributed by atoms with Gasteiger partial charge in [0.25, 0.3) is 0 Å². The topological polar surface area (TPSA) is 47.0 Å². The Labute approximate surface area is 145 Å². The molecule has 0 fully saturated rings. The summed E-state index contributed by atoms with van der Waals surface area (Å²) >= 11 is 0. The molecule has 0 unspecified atom stereocenters. The zero-order valence-corrected chi connectivity index (χ0v) is 13.7. The predicted octanol–water partition coefficient (Wildman–Crippen LogP) is 3.96. The number of hydrogen-bond acceptors (Lipinski definition) is 2. The van der Waals surface area contributed by atoms with Gasteiger partial charge in [-0.25, -0.2) is 4.79 Å². The van der Waals surface area contributed by atoms with E-state index in [1.807, 2.05) is 78.9 Å². The van der Waals surface area contributed by atoms with Crippen LogP contribution in [0.3, 0.4) is 0 Å². The highest BCUT2D eigenvalue weighted by atomic mass is 16.5. The highest BCUT2D eigenvalue weighted by molar-refractivity contribution is 5.75. The molecular weight excluding hydrogens is 312 g/mol. The normalized spacial score (nSPS) is 10.9. The van der Waals surface area contributed by atoms with E-state index in [4.69, 9.17) is 4.74 Å². The molecule has 0 aliphatic heterocycles. The van der Waals surface area contributed by atoms with E-state index in [-0.39, 0.29) is 5.69 Å². The van der Waals surface area contributed by atoms with Crippen molar-refractivity contribution in [3.63, 3.8) is 0 Å². The molecule has 0 saturated heterocycles. The first-order valence-electron chi connectivity index (χ1n) is 8.23. The number of nitrogens with zero attached hydrogens (tertiary/aromatic N) is 1. The molecule has 3 aromatic carbocycles. The molecule has 1 N–H and O–H groups in total. The number of fused-ring (bicyclic) bond motifs is 1. The molecule has 4 nitrogen and oxygen atoms in total. The Morgan fingerprint density at radius 3 is 2.32 bits per heavy atom. The fourth-order valence-corrected chi connectivity index (χ4v) is 2.88. The molecule has 0 amide bonds. The van der Waals surface area contributed by atoms with E-state index < -0.39 is 0 Å². The molecule has 1 aromatic heterocycles. The molecule has 0 spiro atoms. The lowest BCUT2D eigenvalue weighted by atomic mass is 10.2. The van der Waals surface area contributed by atoms with E-state index >= 15 is 0 Å². The maximum absolute atomic E-state index is 12.2. The number of imidazole rings is 1. The summed E-state index contributed by atoms with van der Waals surface area (Å²) in [5.41, 5.74) is 3.87. The van der Waals surface area contributed by atoms with E-state index in [2.05, 4.69) is 4.98 Å². The predicted molar refractivity (Wildman–Crippen MR) is 98.9 cm³/mol. The number of aromatic nitrogens is 2. The van der Waals surface area contributed by atoms with Gasteiger partial charge in [0.1, 0.15) is 12.4 Å². The standard InChI is InChI=1S/C21H18N2O2/c24-21-22-19-8-4-5-9-20(19)23(21)14-16-10-12-18(13-11-16)25-15-17-6-2-1-3-7-17/h1-13H,14-15H2,(H,22,24). The van der Waals surface area contributed by atoms with Gasteiger partial charge in [0, 0.05) is 0 Å². The monoisotopic (exact) mass is 330 g/mol. The molecule has 124 valence electrons. The summed E-state index contributed by atoms with van der Waals surface area (Å²) in [6.07, 6.45) is 0. The minimum Gasteiger partial charge on any atom is -0.489 e. The summed E-state index contributed by atoms with van der Waals surface area (Å²) < 4.78 is 7.55. The Morgan fingerprint density at radius 2 is 1.52 bits per heavy atom. The minimum absolute atomic E-state index is 0.0920. The molecule has 4 rings (SSSR count). The fourth-order valence-electron chi connectivity index (χ4n) is 2.88. The van der Waals surface area contributed by atoms with Crippen LogP contribution in [0.5, 0.6) is 5.75 Å². The van der Waals surface area contributed by atoms with Gasteiger partial charge < -0.3 is 9.72 Å². The molecule has 0 bridgehead atoms. The zero-order chi connectivity index (χ0) is 17.1. The van der Waals surface area contributed by atoms with Gasteiger partial charge in [-0.2, -0.15) is 0 Å². The van der Waals surface area contributed by atoms with Gasteiger partial charge in [-0.1, -0.05) is 54.6 Å². The molecule has 0 aliphatic rings. The van der Waals surface area contributed by atoms with Crippen molar-refractivity contribution in [2.24, 2.45) is 0 Å². The highest BCUT2D eigenvalue weighted by Gasteiger charge is 2.06. The molecule has 0 saturated carbocycles. The van der Waals surface area contributed by atoms with Crippen molar-refractivity contribution in [1.29, 1.82) is 0 Å². The second-order valence-corrected chi connectivity index (χ2v) is 5.95. The smallest absolute Gasteiger partial charge is 0.326 e. The van der Waals surface area contributed by atoms with Crippen molar-refractivity contribution in [1.82, 2.24) is 9.55 Å². The van der Waals surface area contributed by atoms with E-state index in [1.54, 1.807) is 4.57 Å². The van der Waals surface area contributed by atoms with E-state index in [9.17, 15) is 4.79 Å². The number of H-pyrrole nitrogens is 1. The van der Waals surface area contributed by atoms with Crippen molar-refractivity contribution >= 4 is 11.0 Å². The lowest BCUT2D eigenvalue weighted by Gasteiger charge is -2.08.